The highest BCUT2D eigenvalue weighted by molar-refractivity contribution is 5.93. The van der Waals surface area contributed by atoms with E-state index in [-0.39, 0.29) is 11.5 Å². The van der Waals surface area contributed by atoms with Crippen LogP contribution >= 0.6 is 0 Å². The number of hydrogen-bond acceptors (Lipinski definition) is 3. The van der Waals surface area contributed by atoms with Gasteiger partial charge >= 0.3 is 0 Å². The van der Waals surface area contributed by atoms with Crippen LogP contribution in [-0.2, 0) is 6.54 Å². The van der Waals surface area contributed by atoms with E-state index in [4.69, 9.17) is 4.74 Å². The Morgan fingerprint density at radius 2 is 1.95 bits per heavy atom. The van der Waals surface area contributed by atoms with Gasteiger partial charge in [-0.3, -0.25) is 9.59 Å². The Morgan fingerprint density at radius 3 is 2.55 bits per heavy atom. The van der Waals surface area contributed by atoms with Crippen LogP contribution in [0, 0.1) is 0 Å². The van der Waals surface area contributed by atoms with Crippen molar-refractivity contribution in [3.05, 3.63) is 64.1 Å². The molecule has 0 aliphatic rings. The Morgan fingerprint density at radius 1 is 1.25 bits per heavy atom. The van der Waals surface area contributed by atoms with Gasteiger partial charge in [-0.05, 0) is 23.8 Å². The number of methoxy groups -OCH3 is 1. The summed E-state index contributed by atoms with van der Waals surface area (Å²) in [6, 6.07) is 10.4. The SMILES string of the molecule is COc1ccc(CN(C)C(=O)c2cc[nH]c(=O)c2)cc1. The van der Waals surface area contributed by atoms with Crippen LogP contribution in [0.1, 0.15) is 15.9 Å². The second-order valence-corrected chi connectivity index (χ2v) is 4.45. The molecule has 2 aromatic rings. The minimum Gasteiger partial charge on any atom is -0.497 e. The number of amides is 1. The third-order valence-electron chi connectivity index (χ3n) is 2.95. The fraction of sp³-hybridized carbons (Fsp3) is 0.200. The van der Waals surface area contributed by atoms with Crippen molar-refractivity contribution in [1.82, 2.24) is 9.88 Å². The Hall–Kier alpha value is -2.56. The number of aromatic amines is 1. The molecule has 0 bridgehead atoms. The van der Waals surface area contributed by atoms with E-state index in [2.05, 4.69) is 4.98 Å². The van der Waals surface area contributed by atoms with Gasteiger partial charge in [0.1, 0.15) is 5.75 Å². The van der Waals surface area contributed by atoms with Crippen LogP contribution in [0.2, 0.25) is 0 Å². The van der Waals surface area contributed by atoms with Gasteiger partial charge in [0.25, 0.3) is 5.91 Å². The number of rotatable bonds is 4. The smallest absolute Gasteiger partial charge is 0.254 e. The summed E-state index contributed by atoms with van der Waals surface area (Å²) in [5.74, 6) is 0.587. The van der Waals surface area contributed by atoms with E-state index in [1.807, 2.05) is 24.3 Å². The highest BCUT2D eigenvalue weighted by atomic mass is 16.5. The standard InChI is InChI=1S/C15H16N2O3/c1-17(10-11-3-5-13(20-2)6-4-11)15(19)12-7-8-16-14(18)9-12/h3-9H,10H2,1-2H3,(H,16,18). The van der Waals surface area contributed by atoms with Gasteiger partial charge < -0.3 is 14.6 Å². The Balaban J connectivity index is 2.09. The summed E-state index contributed by atoms with van der Waals surface area (Å²) in [6.07, 6.45) is 1.47. The van der Waals surface area contributed by atoms with Crippen LogP contribution < -0.4 is 10.3 Å². The molecule has 20 heavy (non-hydrogen) atoms. The first-order valence-corrected chi connectivity index (χ1v) is 6.17. The number of carbonyl (C=O) groups excluding carboxylic acids is 1. The number of ether oxygens (including phenoxy) is 1. The fourth-order valence-electron chi connectivity index (χ4n) is 1.87. The number of nitrogens with zero attached hydrogens (tertiary/aromatic N) is 1. The first kappa shape index (κ1) is 13.9. The molecule has 0 fully saturated rings. The number of nitrogens with one attached hydrogen (secondary N) is 1. The predicted molar refractivity (Wildman–Crippen MR) is 75.9 cm³/mol. The number of hydrogen-bond donors (Lipinski definition) is 1. The molecule has 0 spiro atoms. The summed E-state index contributed by atoms with van der Waals surface area (Å²) in [5, 5.41) is 0. The molecule has 1 amide bonds. The zero-order chi connectivity index (χ0) is 14.5. The maximum atomic E-state index is 12.2. The minimum atomic E-state index is -0.284. The van der Waals surface area contributed by atoms with Crippen molar-refractivity contribution in [1.29, 1.82) is 0 Å². The van der Waals surface area contributed by atoms with Crippen LogP contribution in [0.3, 0.4) is 0 Å². The summed E-state index contributed by atoms with van der Waals surface area (Å²) < 4.78 is 5.09. The number of aromatic nitrogens is 1. The van der Waals surface area contributed by atoms with Crippen molar-refractivity contribution in [3.8, 4) is 5.75 Å². The van der Waals surface area contributed by atoms with Crippen molar-refractivity contribution in [2.45, 2.75) is 6.54 Å². The van der Waals surface area contributed by atoms with Crippen LogP contribution in [-0.4, -0.2) is 29.9 Å². The van der Waals surface area contributed by atoms with Crippen molar-refractivity contribution in [2.24, 2.45) is 0 Å². The maximum Gasteiger partial charge on any atom is 0.254 e. The van der Waals surface area contributed by atoms with E-state index in [0.717, 1.165) is 11.3 Å². The van der Waals surface area contributed by atoms with Crippen molar-refractivity contribution < 1.29 is 9.53 Å². The van der Waals surface area contributed by atoms with E-state index in [1.54, 1.807) is 25.1 Å². The van der Waals surface area contributed by atoms with Gasteiger partial charge in [0.2, 0.25) is 5.56 Å². The van der Waals surface area contributed by atoms with E-state index in [1.165, 1.54) is 12.3 Å². The monoisotopic (exact) mass is 272 g/mol. The average Bonchev–Trinajstić information content (AvgIpc) is 2.47. The van der Waals surface area contributed by atoms with E-state index < -0.39 is 0 Å². The molecular weight excluding hydrogens is 256 g/mol. The van der Waals surface area contributed by atoms with Gasteiger partial charge in [-0.25, -0.2) is 0 Å². The molecule has 2 rings (SSSR count). The molecule has 1 N–H and O–H groups in total. The largest absolute Gasteiger partial charge is 0.497 e. The van der Waals surface area contributed by atoms with Gasteiger partial charge in [-0.1, -0.05) is 12.1 Å². The molecule has 5 heteroatoms. The second-order valence-electron chi connectivity index (χ2n) is 4.45. The molecule has 5 nitrogen and oxygen atoms in total. The average molecular weight is 272 g/mol. The van der Waals surface area contributed by atoms with Crippen LogP contribution in [0.15, 0.2) is 47.4 Å². The molecule has 1 aromatic carbocycles. The van der Waals surface area contributed by atoms with E-state index in [0.29, 0.717) is 12.1 Å². The molecule has 0 saturated heterocycles. The molecule has 0 atom stereocenters. The zero-order valence-electron chi connectivity index (χ0n) is 11.4. The fourth-order valence-corrected chi connectivity index (χ4v) is 1.87. The molecule has 0 aliphatic heterocycles. The maximum absolute atomic E-state index is 12.2. The summed E-state index contributed by atoms with van der Waals surface area (Å²) in [6.45, 7) is 0.468. The van der Waals surface area contributed by atoms with E-state index in [9.17, 15) is 9.59 Å². The summed E-state index contributed by atoms with van der Waals surface area (Å²) >= 11 is 0. The number of pyridine rings is 1. The Bertz CT molecular complexity index is 647. The molecule has 0 saturated carbocycles. The number of benzene rings is 1. The molecule has 104 valence electrons. The van der Waals surface area contributed by atoms with Crippen molar-refractivity contribution >= 4 is 5.91 Å². The summed E-state index contributed by atoms with van der Waals surface area (Å²) in [5.41, 5.74) is 1.09. The Labute approximate surface area is 116 Å². The number of H-pyrrole nitrogens is 1. The molecule has 0 aliphatic carbocycles. The lowest BCUT2D eigenvalue weighted by molar-refractivity contribution is 0.0785. The highest BCUT2D eigenvalue weighted by Gasteiger charge is 2.12. The van der Waals surface area contributed by atoms with Gasteiger partial charge in [-0.2, -0.15) is 0 Å². The Kier molecular flexibility index (Phi) is 4.20. The van der Waals surface area contributed by atoms with Crippen LogP contribution in [0.4, 0.5) is 0 Å². The van der Waals surface area contributed by atoms with Gasteiger partial charge in [0, 0.05) is 31.4 Å². The van der Waals surface area contributed by atoms with Crippen molar-refractivity contribution in [3.63, 3.8) is 0 Å². The van der Waals surface area contributed by atoms with Crippen LogP contribution in [0.25, 0.3) is 0 Å². The highest BCUT2D eigenvalue weighted by Crippen LogP contribution is 2.13. The first-order chi connectivity index (χ1) is 9.60. The van der Waals surface area contributed by atoms with Crippen LogP contribution in [0.5, 0.6) is 5.75 Å². The molecule has 0 unspecified atom stereocenters. The van der Waals surface area contributed by atoms with Gasteiger partial charge in [0.05, 0.1) is 7.11 Å². The van der Waals surface area contributed by atoms with E-state index >= 15 is 0 Å². The topological polar surface area (TPSA) is 62.4 Å². The minimum absolute atomic E-state index is 0.188. The molecular formula is C15H16N2O3. The lowest BCUT2D eigenvalue weighted by Gasteiger charge is -2.17. The zero-order valence-corrected chi connectivity index (χ0v) is 11.4. The van der Waals surface area contributed by atoms with Gasteiger partial charge in [-0.15, -0.1) is 0 Å². The van der Waals surface area contributed by atoms with Gasteiger partial charge in [0.15, 0.2) is 0 Å². The predicted octanol–water partition coefficient (Wildman–Crippen LogP) is 1.66. The summed E-state index contributed by atoms with van der Waals surface area (Å²) in [7, 11) is 3.31. The second kappa shape index (κ2) is 6.06. The third kappa shape index (κ3) is 3.26. The third-order valence-corrected chi connectivity index (χ3v) is 2.95. The first-order valence-electron chi connectivity index (χ1n) is 6.17. The lowest BCUT2D eigenvalue weighted by atomic mass is 10.2. The number of carbonyl (C=O) groups is 1. The normalized spacial score (nSPS) is 10.1. The lowest BCUT2D eigenvalue weighted by Crippen LogP contribution is -2.27. The van der Waals surface area contributed by atoms with Crippen molar-refractivity contribution in [2.75, 3.05) is 14.2 Å². The molecule has 1 aromatic heterocycles. The molecule has 0 radical (unpaired) electrons. The quantitative estimate of drug-likeness (QED) is 0.920. The molecule has 1 heterocycles. The summed E-state index contributed by atoms with van der Waals surface area (Å²) in [4.78, 5) is 27.4.